The molecule has 4 rings (SSSR count). The second kappa shape index (κ2) is 13.7. The third-order valence-corrected chi connectivity index (χ3v) is 9.53. The van der Waals surface area contributed by atoms with E-state index in [0.29, 0.717) is 30.5 Å². The highest BCUT2D eigenvalue weighted by Gasteiger charge is 2.43. The molecule has 3 fully saturated rings. The molecule has 2 saturated heterocycles. The number of morpholine rings is 1. The van der Waals surface area contributed by atoms with E-state index in [1.165, 1.54) is 16.2 Å². The lowest BCUT2D eigenvalue weighted by molar-refractivity contribution is -0.153. The fourth-order valence-corrected chi connectivity index (χ4v) is 6.98. The number of nitrogens with zero attached hydrogens (tertiary/aromatic N) is 3. The standard InChI is InChI=1S/C30H47F2N5O5S/c1-18-7-9-21(10-8-18)25(34-28(40)42-29(4,5)6)26(39)35-27-33-13-23(43-27)22(15-36-14-20(3)41-16-19(36)2)37-17-30(31,32)12-11-24(37)38/h13,18-22,25H,7-12,14-17H2,1-6H3,(H,34,40)(H,33,35,39)/t18?,19-,20+,21?,22?,25-/m0/s1. The van der Waals surface area contributed by atoms with Crippen LogP contribution in [0, 0.1) is 11.8 Å². The number of amides is 3. The summed E-state index contributed by atoms with van der Waals surface area (Å²) < 4.78 is 40.3. The Kier molecular flexibility index (Phi) is 10.7. The molecule has 1 unspecified atom stereocenters. The van der Waals surface area contributed by atoms with Gasteiger partial charge in [-0.1, -0.05) is 31.1 Å². The quantitative estimate of drug-likeness (QED) is 0.407. The number of rotatable bonds is 8. The molecule has 3 amide bonds. The van der Waals surface area contributed by atoms with E-state index in [4.69, 9.17) is 9.47 Å². The van der Waals surface area contributed by atoms with Crippen LogP contribution in [0.3, 0.4) is 0 Å². The summed E-state index contributed by atoms with van der Waals surface area (Å²) in [7, 11) is 0. The molecule has 1 aliphatic carbocycles. The molecule has 43 heavy (non-hydrogen) atoms. The number of aromatic nitrogens is 1. The van der Waals surface area contributed by atoms with Crippen LogP contribution >= 0.6 is 11.3 Å². The molecule has 0 aromatic carbocycles. The van der Waals surface area contributed by atoms with Gasteiger partial charge in [-0.15, -0.1) is 0 Å². The molecule has 13 heteroatoms. The monoisotopic (exact) mass is 627 g/mol. The number of thiazole rings is 1. The zero-order valence-electron chi connectivity index (χ0n) is 26.2. The van der Waals surface area contributed by atoms with Crippen molar-refractivity contribution in [2.45, 2.75) is 116 Å². The number of hydrogen-bond acceptors (Lipinski definition) is 8. The van der Waals surface area contributed by atoms with Crippen LogP contribution in [0.4, 0.5) is 18.7 Å². The Hall–Kier alpha value is -2.38. The number of likely N-dealkylation sites (tertiary alicyclic amines) is 1. The number of alkyl carbamates (subject to hydrolysis) is 1. The van der Waals surface area contributed by atoms with Gasteiger partial charge in [0.05, 0.1) is 30.2 Å². The van der Waals surface area contributed by atoms with Crippen LogP contribution in [0.15, 0.2) is 6.20 Å². The second-order valence-corrected chi connectivity index (χ2v) is 14.6. The van der Waals surface area contributed by atoms with Crippen LogP contribution in [0.1, 0.15) is 91.0 Å². The Bertz CT molecular complexity index is 1140. The molecule has 0 bridgehead atoms. The predicted molar refractivity (Wildman–Crippen MR) is 160 cm³/mol. The molecule has 1 aromatic heterocycles. The van der Waals surface area contributed by atoms with E-state index in [9.17, 15) is 23.2 Å². The summed E-state index contributed by atoms with van der Waals surface area (Å²) in [5, 5.41) is 5.93. The van der Waals surface area contributed by atoms with Crippen molar-refractivity contribution in [1.82, 2.24) is 20.1 Å². The minimum absolute atomic E-state index is 0.0242. The van der Waals surface area contributed by atoms with E-state index in [1.807, 2.05) is 13.8 Å². The van der Waals surface area contributed by atoms with E-state index >= 15 is 0 Å². The van der Waals surface area contributed by atoms with Crippen molar-refractivity contribution in [3.05, 3.63) is 11.1 Å². The molecule has 4 atom stereocenters. The maximum atomic E-state index is 14.6. The van der Waals surface area contributed by atoms with Gasteiger partial charge in [0.15, 0.2) is 5.13 Å². The van der Waals surface area contributed by atoms with Gasteiger partial charge in [0.1, 0.15) is 11.6 Å². The van der Waals surface area contributed by atoms with Gasteiger partial charge in [0.2, 0.25) is 11.8 Å². The van der Waals surface area contributed by atoms with Crippen molar-refractivity contribution >= 4 is 34.4 Å². The summed E-state index contributed by atoms with van der Waals surface area (Å²) in [6.45, 7) is 12.2. The largest absolute Gasteiger partial charge is 0.444 e. The molecule has 10 nitrogen and oxygen atoms in total. The molecule has 2 N–H and O–H groups in total. The van der Waals surface area contributed by atoms with Gasteiger partial charge < -0.3 is 25.0 Å². The SMILES string of the molecule is CC1CCC([C@H](NC(=O)OC(C)(C)C)C(=O)Nc2ncc(C(CN3C[C@@H](C)OC[C@@H]3C)N3CC(F)(F)CCC3=O)s2)CC1. The van der Waals surface area contributed by atoms with Crippen molar-refractivity contribution < 1.29 is 32.6 Å². The van der Waals surface area contributed by atoms with E-state index < -0.39 is 48.6 Å². The normalized spacial score (nSPS) is 28.2. The van der Waals surface area contributed by atoms with Gasteiger partial charge in [-0.05, 0) is 59.3 Å². The van der Waals surface area contributed by atoms with Crippen molar-refractivity contribution in [2.75, 3.05) is 31.6 Å². The van der Waals surface area contributed by atoms with Gasteiger partial charge in [-0.2, -0.15) is 0 Å². The molecule has 3 aliphatic rings. The topological polar surface area (TPSA) is 113 Å². The first-order chi connectivity index (χ1) is 20.1. The van der Waals surface area contributed by atoms with Gasteiger partial charge >= 0.3 is 6.09 Å². The summed E-state index contributed by atoms with van der Waals surface area (Å²) >= 11 is 1.17. The van der Waals surface area contributed by atoms with Gasteiger partial charge in [0, 0.05) is 38.2 Å². The Balaban J connectivity index is 1.54. The van der Waals surface area contributed by atoms with Crippen molar-refractivity contribution in [2.24, 2.45) is 11.8 Å². The number of halogens is 2. The first-order valence-electron chi connectivity index (χ1n) is 15.4. The number of piperidine rings is 1. The number of alkyl halides is 2. The van der Waals surface area contributed by atoms with E-state index in [2.05, 4.69) is 27.4 Å². The molecular weight excluding hydrogens is 580 g/mol. The van der Waals surface area contributed by atoms with Crippen molar-refractivity contribution in [3.8, 4) is 0 Å². The Morgan fingerprint density at radius 3 is 2.58 bits per heavy atom. The second-order valence-electron chi connectivity index (χ2n) is 13.5. The Labute approximate surface area is 257 Å². The first-order valence-corrected chi connectivity index (χ1v) is 16.2. The van der Waals surface area contributed by atoms with Gasteiger partial charge in [-0.25, -0.2) is 18.6 Å². The lowest BCUT2D eigenvalue weighted by Gasteiger charge is -2.43. The molecule has 1 saturated carbocycles. The minimum Gasteiger partial charge on any atom is -0.444 e. The summed E-state index contributed by atoms with van der Waals surface area (Å²) in [6.07, 6.45) is 3.69. The molecule has 3 heterocycles. The Morgan fingerprint density at radius 1 is 1.21 bits per heavy atom. The van der Waals surface area contributed by atoms with Crippen LogP contribution in [-0.4, -0.2) is 88.6 Å². The number of hydrogen-bond donors (Lipinski definition) is 2. The summed E-state index contributed by atoms with van der Waals surface area (Å²) in [4.78, 5) is 47.7. The molecular formula is C30H47F2N5O5S. The maximum absolute atomic E-state index is 14.6. The lowest BCUT2D eigenvalue weighted by atomic mass is 9.79. The predicted octanol–water partition coefficient (Wildman–Crippen LogP) is 5.21. The fourth-order valence-electron chi connectivity index (χ4n) is 6.06. The molecule has 1 aromatic rings. The number of anilines is 1. The number of nitrogens with one attached hydrogen (secondary N) is 2. The zero-order valence-corrected chi connectivity index (χ0v) is 27.0. The van der Waals surface area contributed by atoms with Crippen LogP contribution in [-0.2, 0) is 19.1 Å². The minimum atomic E-state index is -2.98. The number of carbonyl (C=O) groups is 3. The average molecular weight is 628 g/mol. The lowest BCUT2D eigenvalue weighted by Crippen LogP contribution is -2.54. The van der Waals surface area contributed by atoms with Crippen LogP contribution in [0.2, 0.25) is 0 Å². The smallest absolute Gasteiger partial charge is 0.408 e. The van der Waals surface area contributed by atoms with Crippen molar-refractivity contribution in [1.29, 1.82) is 0 Å². The zero-order chi connectivity index (χ0) is 31.5. The maximum Gasteiger partial charge on any atom is 0.408 e. The number of carbonyl (C=O) groups excluding carboxylic acids is 3. The average Bonchev–Trinajstić information content (AvgIpc) is 3.37. The highest BCUT2D eigenvalue weighted by molar-refractivity contribution is 7.15. The van der Waals surface area contributed by atoms with E-state index in [1.54, 1.807) is 27.0 Å². The van der Waals surface area contributed by atoms with Gasteiger partial charge in [-0.3, -0.25) is 14.5 Å². The van der Waals surface area contributed by atoms with Crippen molar-refractivity contribution in [3.63, 3.8) is 0 Å². The molecule has 0 radical (unpaired) electrons. The Morgan fingerprint density at radius 2 is 1.91 bits per heavy atom. The number of ether oxygens (including phenoxy) is 2. The fraction of sp³-hybridized carbons (Fsp3) is 0.800. The highest BCUT2D eigenvalue weighted by atomic mass is 32.1. The molecule has 242 valence electrons. The van der Waals surface area contributed by atoms with E-state index in [-0.39, 0.29) is 35.5 Å². The van der Waals surface area contributed by atoms with Crippen LogP contribution < -0.4 is 10.6 Å². The molecule has 2 aliphatic heterocycles. The highest BCUT2D eigenvalue weighted by Crippen LogP contribution is 2.37. The van der Waals surface area contributed by atoms with Gasteiger partial charge in [0.25, 0.3) is 5.92 Å². The van der Waals surface area contributed by atoms with Crippen LogP contribution in [0.5, 0.6) is 0 Å². The van der Waals surface area contributed by atoms with Crippen LogP contribution in [0.25, 0.3) is 0 Å². The first kappa shape index (κ1) is 33.5. The third-order valence-electron chi connectivity index (χ3n) is 8.52. The summed E-state index contributed by atoms with van der Waals surface area (Å²) in [6, 6.07) is -1.43. The molecule has 0 spiro atoms. The third kappa shape index (κ3) is 9.31. The van der Waals surface area contributed by atoms with E-state index in [0.717, 1.165) is 25.7 Å². The summed E-state index contributed by atoms with van der Waals surface area (Å²) in [5.41, 5.74) is -0.718. The summed E-state index contributed by atoms with van der Waals surface area (Å²) in [5.74, 6) is -3.21.